The van der Waals surface area contributed by atoms with Crippen LogP contribution in [0.3, 0.4) is 0 Å². The lowest BCUT2D eigenvalue weighted by molar-refractivity contribution is 0.0311. The second-order valence-corrected chi connectivity index (χ2v) is 6.86. The highest BCUT2D eigenvalue weighted by Crippen LogP contribution is 2.27. The number of nitrogens with two attached hydrogens (primary N) is 1. The van der Waals surface area contributed by atoms with Crippen molar-refractivity contribution in [3.05, 3.63) is 22.7 Å². The highest BCUT2D eigenvalue weighted by atomic mass is 79.9. The fourth-order valence-electron chi connectivity index (χ4n) is 1.79. The molecule has 1 fully saturated rings. The summed E-state index contributed by atoms with van der Waals surface area (Å²) in [4.78, 5) is 0.0421. The van der Waals surface area contributed by atoms with E-state index in [9.17, 15) is 8.42 Å². The molecule has 6 nitrogen and oxygen atoms in total. The number of halogens is 1. The Bertz CT molecular complexity index is 627. The third-order valence-electron chi connectivity index (χ3n) is 2.77. The fourth-order valence-corrected chi connectivity index (χ4v) is 3.87. The van der Waals surface area contributed by atoms with Gasteiger partial charge in [0, 0.05) is 11.0 Å². The van der Waals surface area contributed by atoms with Crippen LogP contribution >= 0.6 is 15.9 Å². The fraction of sp³-hybridized carbons (Fsp3) is 0.364. The van der Waals surface area contributed by atoms with Gasteiger partial charge in [-0.3, -0.25) is 0 Å². The molecule has 2 rings (SSSR count). The first-order chi connectivity index (χ1) is 8.95. The summed E-state index contributed by atoms with van der Waals surface area (Å²) in [5.41, 5.74) is 5.91. The Hall–Kier alpha value is -1.14. The van der Waals surface area contributed by atoms with E-state index >= 15 is 0 Å². The van der Waals surface area contributed by atoms with Crippen LogP contribution < -0.4 is 5.73 Å². The van der Waals surface area contributed by atoms with Crippen LogP contribution in [0, 0.1) is 11.3 Å². The molecule has 102 valence electrons. The minimum absolute atomic E-state index is 0.0186. The minimum Gasteiger partial charge on any atom is -0.398 e. The number of nitrogen functional groups attached to an aromatic ring is 1. The van der Waals surface area contributed by atoms with Crippen LogP contribution in [0.15, 0.2) is 27.6 Å². The van der Waals surface area contributed by atoms with Gasteiger partial charge in [-0.2, -0.15) is 9.57 Å². The maximum atomic E-state index is 12.5. The number of hydrogen-bond donors (Lipinski definition) is 1. The van der Waals surface area contributed by atoms with E-state index in [1.165, 1.54) is 16.4 Å². The molecular weight excluding hydrogens is 334 g/mol. The first-order valence-electron chi connectivity index (χ1n) is 5.51. The molecule has 1 aliphatic rings. The molecule has 0 saturated carbocycles. The Morgan fingerprint density at radius 3 is 2.95 bits per heavy atom. The van der Waals surface area contributed by atoms with Crippen molar-refractivity contribution in [3.8, 4) is 6.07 Å². The predicted molar refractivity (Wildman–Crippen MR) is 72.7 cm³/mol. The van der Waals surface area contributed by atoms with Gasteiger partial charge in [-0.25, -0.2) is 8.42 Å². The van der Waals surface area contributed by atoms with Crippen LogP contribution in [0.2, 0.25) is 0 Å². The van der Waals surface area contributed by atoms with Crippen LogP contribution in [-0.2, 0) is 14.8 Å². The van der Waals surface area contributed by atoms with E-state index < -0.39 is 16.1 Å². The van der Waals surface area contributed by atoms with Gasteiger partial charge in [-0.05, 0) is 18.2 Å². The summed E-state index contributed by atoms with van der Waals surface area (Å²) in [5, 5.41) is 8.82. The van der Waals surface area contributed by atoms with Gasteiger partial charge in [0.25, 0.3) is 0 Å². The first kappa shape index (κ1) is 14.3. The molecule has 0 aliphatic carbocycles. The van der Waals surface area contributed by atoms with Crippen molar-refractivity contribution in [1.82, 2.24) is 4.31 Å². The van der Waals surface area contributed by atoms with Crippen LogP contribution in [0.1, 0.15) is 0 Å². The first-order valence-corrected chi connectivity index (χ1v) is 7.75. The maximum absolute atomic E-state index is 12.5. The lowest BCUT2D eigenvalue weighted by Crippen LogP contribution is -2.45. The van der Waals surface area contributed by atoms with Gasteiger partial charge in [-0.1, -0.05) is 15.9 Å². The van der Waals surface area contributed by atoms with Crippen molar-refractivity contribution in [3.63, 3.8) is 0 Å². The summed E-state index contributed by atoms with van der Waals surface area (Å²) in [6, 6.07) is 6.57. The van der Waals surface area contributed by atoms with Gasteiger partial charge in [0.2, 0.25) is 10.0 Å². The van der Waals surface area contributed by atoms with Gasteiger partial charge in [-0.15, -0.1) is 0 Å². The summed E-state index contributed by atoms with van der Waals surface area (Å²) in [6.07, 6.45) is -0.739. The average molecular weight is 346 g/mol. The monoisotopic (exact) mass is 345 g/mol. The molecule has 1 aromatic carbocycles. The number of benzene rings is 1. The van der Waals surface area contributed by atoms with E-state index in [-0.39, 0.29) is 30.3 Å². The lowest BCUT2D eigenvalue weighted by atomic mass is 10.3. The van der Waals surface area contributed by atoms with Gasteiger partial charge in [0.05, 0.1) is 24.9 Å². The molecule has 1 saturated heterocycles. The Kier molecular flexibility index (Phi) is 4.10. The molecule has 0 aromatic heterocycles. The molecule has 19 heavy (non-hydrogen) atoms. The van der Waals surface area contributed by atoms with Crippen molar-refractivity contribution in [2.45, 2.75) is 11.0 Å². The van der Waals surface area contributed by atoms with Crippen molar-refractivity contribution in [2.75, 3.05) is 25.4 Å². The number of rotatable bonds is 2. The molecule has 1 heterocycles. The van der Waals surface area contributed by atoms with Crippen molar-refractivity contribution in [1.29, 1.82) is 5.26 Å². The summed E-state index contributed by atoms with van der Waals surface area (Å²) >= 11 is 3.22. The van der Waals surface area contributed by atoms with Gasteiger partial charge >= 0.3 is 0 Å². The second kappa shape index (κ2) is 5.46. The number of hydrogen-bond acceptors (Lipinski definition) is 5. The smallest absolute Gasteiger partial charge is 0.245 e. The van der Waals surface area contributed by atoms with Crippen LogP contribution in [0.5, 0.6) is 0 Å². The second-order valence-electron chi connectivity index (χ2n) is 4.03. The molecule has 0 spiro atoms. The van der Waals surface area contributed by atoms with Crippen LogP contribution in [0.25, 0.3) is 0 Å². The third kappa shape index (κ3) is 2.90. The number of anilines is 1. The Balaban J connectivity index is 2.37. The standard InChI is InChI=1S/C11H12BrN3O3S/c12-8-1-2-10(14)11(5-8)19(16,17)15-3-4-18-9(6-13)7-15/h1-2,5,9H,3-4,7,14H2. The van der Waals surface area contributed by atoms with Crippen LogP contribution in [0.4, 0.5) is 5.69 Å². The van der Waals surface area contributed by atoms with Gasteiger partial charge < -0.3 is 10.5 Å². The summed E-state index contributed by atoms with van der Waals surface area (Å²) < 4.78 is 32.0. The zero-order chi connectivity index (χ0) is 14.0. The highest BCUT2D eigenvalue weighted by molar-refractivity contribution is 9.10. The van der Waals surface area contributed by atoms with Crippen molar-refractivity contribution < 1.29 is 13.2 Å². The van der Waals surface area contributed by atoms with Gasteiger partial charge in [0.15, 0.2) is 6.10 Å². The Morgan fingerprint density at radius 1 is 1.53 bits per heavy atom. The SMILES string of the molecule is N#CC1CN(S(=O)(=O)c2cc(Br)ccc2N)CCO1. The molecule has 8 heteroatoms. The molecule has 1 unspecified atom stereocenters. The maximum Gasteiger partial charge on any atom is 0.245 e. The molecule has 1 aromatic rings. The predicted octanol–water partition coefficient (Wildman–Crippen LogP) is 0.944. The number of ether oxygens (including phenoxy) is 1. The molecule has 0 bridgehead atoms. The Morgan fingerprint density at radius 2 is 2.26 bits per heavy atom. The normalized spacial score (nSPS) is 20.9. The zero-order valence-electron chi connectivity index (χ0n) is 9.91. The van der Waals surface area contributed by atoms with Gasteiger partial charge in [0.1, 0.15) is 4.90 Å². The van der Waals surface area contributed by atoms with Crippen LogP contribution in [-0.4, -0.2) is 38.5 Å². The minimum atomic E-state index is -3.71. The molecule has 0 amide bonds. The van der Waals surface area contributed by atoms with E-state index in [1.807, 2.05) is 6.07 Å². The molecular formula is C11H12BrN3O3S. The average Bonchev–Trinajstić information content (AvgIpc) is 2.41. The van der Waals surface area contributed by atoms with E-state index in [0.29, 0.717) is 4.47 Å². The number of nitrogens with zero attached hydrogens (tertiary/aromatic N) is 2. The molecule has 0 radical (unpaired) electrons. The third-order valence-corrected chi connectivity index (χ3v) is 5.18. The van der Waals surface area contributed by atoms with E-state index in [0.717, 1.165) is 0 Å². The summed E-state index contributed by atoms with van der Waals surface area (Å²) in [6.45, 7) is 0.433. The molecule has 1 aliphatic heterocycles. The van der Waals surface area contributed by atoms with E-state index in [1.54, 1.807) is 6.07 Å². The number of nitriles is 1. The van der Waals surface area contributed by atoms with E-state index in [4.69, 9.17) is 15.7 Å². The number of morpholine rings is 1. The van der Waals surface area contributed by atoms with Crippen molar-refractivity contribution >= 4 is 31.6 Å². The zero-order valence-corrected chi connectivity index (χ0v) is 12.3. The highest BCUT2D eigenvalue weighted by Gasteiger charge is 2.32. The largest absolute Gasteiger partial charge is 0.398 e. The quantitative estimate of drug-likeness (QED) is 0.804. The Labute approximate surface area is 119 Å². The lowest BCUT2D eigenvalue weighted by Gasteiger charge is -2.29. The topological polar surface area (TPSA) is 96.4 Å². The molecule has 1 atom stereocenters. The van der Waals surface area contributed by atoms with E-state index in [2.05, 4.69) is 15.9 Å². The van der Waals surface area contributed by atoms with Crippen molar-refractivity contribution in [2.24, 2.45) is 0 Å². The summed E-state index contributed by atoms with van der Waals surface area (Å²) in [7, 11) is -3.71. The number of sulfonamides is 1. The summed E-state index contributed by atoms with van der Waals surface area (Å²) in [5.74, 6) is 0. The molecule has 2 N–H and O–H groups in total.